The summed E-state index contributed by atoms with van der Waals surface area (Å²) < 4.78 is 0.826. The maximum atomic E-state index is 13.4. The van der Waals surface area contributed by atoms with Crippen molar-refractivity contribution in [3.8, 4) is 5.69 Å². The number of aromatic nitrogens is 2. The predicted molar refractivity (Wildman–Crippen MR) is 145 cm³/mol. The number of rotatable bonds is 6. The van der Waals surface area contributed by atoms with E-state index in [9.17, 15) is 19.5 Å². The molecule has 3 N–H and O–H groups in total. The number of nitrogens with one attached hydrogen (secondary N) is 2. The number of likely N-dealkylation sites (tertiary alicyclic amines) is 1. The molecular weight excluding hydrogens is 492 g/mol. The van der Waals surface area contributed by atoms with Gasteiger partial charge in [0.15, 0.2) is 0 Å². The average molecular weight is 519 g/mol. The third kappa shape index (κ3) is 5.03. The van der Waals surface area contributed by atoms with Gasteiger partial charge in [-0.15, -0.1) is 0 Å². The summed E-state index contributed by atoms with van der Waals surface area (Å²) in [4.78, 5) is 43.3. The number of halogens is 1. The Bertz CT molecular complexity index is 1590. The molecule has 4 aromatic rings. The van der Waals surface area contributed by atoms with Gasteiger partial charge in [-0.1, -0.05) is 41.9 Å². The molecular formula is C28H27ClN4O4. The lowest BCUT2D eigenvalue weighted by Gasteiger charge is -2.33. The molecule has 1 aromatic heterocycles. The minimum atomic E-state index is -1.26. The molecule has 9 heteroatoms. The lowest BCUT2D eigenvalue weighted by atomic mass is 10.0. The van der Waals surface area contributed by atoms with Gasteiger partial charge in [-0.05, 0) is 61.2 Å². The van der Waals surface area contributed by atoms with Gasteiger partial charge in [0.2, 0.25) is 0 Å². The van der Waals surface area contributed by atoms with E-state index >= 15 is 0 Å². The number of nitrogens with zero attached hydrogens (tertiary/aromatic N) is 2. The fourth-order valence-electron chi connectivity index (χ4n) is 4.97. The summed E-state index contributed by atoms with van der Waals surface area (Å²) >= 11 is 6.05. The number of anilines is 1. The van der Waals surface area contributed by atoms with Gasteiger partial charge in [-0.3, -0.25) is 9.69 Å². The van der Waals surface area contributed by atoms with Gasteiger partial charge in [-0.2, -0.15) is 0 Å². The number of carboxylic acids is 1. The molecule has 0 unspecified atom stereocenters. The van der Waals surface area contributed by atoms with Crippen LogP contribution in [0, 0.1) is 6.92 Å². The maximum Gasteiger partial charge on any atom is 0.337 e. The highest BCUT2D eigenvalue weighted by atomic mass is 35.5. The molecule has 0 amide bonds. The van der Waals surface area contributed by atoms with Crippen molar-refractivity contribution in [2.45, 2.75) is 32.4 Å². The summed E-state index contributed by atoms with van der Waals surface area (Å²) in [6.07, 6.45) is 1.96. The minimum absolute atomic E-state index is 0.0738. The van der Waals surface area contributed by atoms with Crippen molar-refractivity contribution in [2.75, 3.05) is 18.4 Å². The van der Waals surface area contributed by atoms with Crippen LogP contribution in [-0.2, 0) is 6.54 Å². The molecule has 0 aliphatic carbocycles. The van der Waals surface area contributed by atoms with Crippen molar-refractivity contribution in [2.24, 2.45) is 0 Å². The normalized spacial score (nSPS) is 14.6. The van der Waals surface area contributed by atoms with Crippen LogP contribution in [0.2, 0.25) is 5.02 Å². The Kier molecular flexibility index (Phi) is 6.86. The van der Waals surface area contributed by atoms with E-state index in [4.69, 9.17) is 11.6 Å². The van der Waals surface area contributed by atoms with Gasteiger partial charge < -0.3 is 15.4 Å². The first-order valence-electron chi connectivity index (χ1n) is 12.2. The maximum absolute atomic E-state index is 13.4. The number of carbonyl (C=O) groups is 1. The highest BCUT2D eigenvalue weighted by Crippen LogP contribution is 2.26. The summed E-state index contributed by atoms with van der Waals surface area (Å²) in [7, 11) is 0. The van der Waals surface area contributed by atoms with E-state index in [2.05, 4.69) is 39.5 Å². The molecule has 1 saturated heterocycles. The SMILES string of the molecule is Cc1c(NC2CCN(Cc3ccccc3)CC2)ccc2c(=O)n(-c3cc(Cl)ccc3C(=O)O)c(=O)[nH]c12. The van der Waals surface area contributed by atoms with Crippen LogP contribution in [0.1, 0.15) is 34.3 Å². The van der Waals surface area contributed by atoms with Gasteiger partial charge in [0.25, 0.3) is 5.56 Å². The molecule has 0 spiro atoms. The lowest BCUT2D eigenvalue weighted by Crippen LogP contribution is -2.38. The second-order valence-corrected chi connectivity index (χ2v) is 9.81. The molecule has 8 nitrogen and oxygen atoms in total. The Labute approximate surface area is 218 Å². The van der Waals surface area contributed by atoms with Crippen molar-refractivity contribution in [3.63, 3.8) is 0 Å². The number of aromatic carboxylic acids is 1. The van der Waals surface area contributed by atoms with Crippen LogP contribution in [0.25, 0.3) is 16.6 Å². The average Bonchev–Trinajstić information content (AvgIpc) is 2.88. The number of hydrogen-bond donors (Lipinski definition) is 3. The summed E-state index contributed by atoms with van der Waals surface area (Å²) in [5.41, 5.74) is 1.76. The van der Waals surface area contributed by atoms with Crippen LogP contribution in [0.3, 0.4) is 0 Å². The number of aromatic amines is 1. The molecule has 5 rings (SSSR count). The zero-order chi connectivity index (χ0) is 26.1. The Morgan fingerprint density at radius 2 is 1.81 bits per heavy atom. The molecule has 0 saturated carbocycles. The lowest BCUT2D eigenvalue weighted by molar-refractivity contribution is 0.0697. The first-order valence-corrected chi connectivity index (χ1v) is 12.5. The summed E-state index contributed by atoms with van der Waals surface area (Å²) in [5.74, 6) is -1.26. The van der Waals surface area contributed by atoms with Crippen molar-refractivity contribution in [1.29, 1.82) is 0 Å². The van der Waals surface area contributed by atoms with E-state index in [0.717, 1.165) is 48.3 Å². The second kappa shape index (κ2) is 10.2. The van der Waals surface area contributed by atoms with E-state index < -0.39 is 17.2 Å². The molecule has 0 atom stereocenters. The van der Waals surface area contributed by atoms with E-state index in [1.54, 1.807) is 6.07 Å². The van der Waals surface area contributed by atoms with Crippen molar-refractivity contribution in [1.82, 2.24) is 14.5 Å². The monoisotopic (exact) mass is 518 g/mol. The van der Waals surface area contributed by atoms with Crippen molar-refractivity contribution >= 4 is 34.2 Å². The molecule has 1 aliphatic rings. The molecule has 0 bridgehead atoms. The van der Waals surface area contributed by atoms with E-state index in [1.807, 2.05) is 19.1 Å². The zero-order valence-corrected chi connectivity index (χ0v) is 21.1. The zero-order valence-electron chi connectivity index (χ0n) is 20.3. The van der Waals surface area contributed by atoms with Gasteiger partial charge in [0.05, 0.1) is 22.2 Å². The van der Waals surface area contributed by atoms with Gasteiger partial charge in [0.1, 0.15) is 0 Å². The standard InChI is InChI=1S/C28H27ClN4O4/c1-17-23(30-20-11-13-32(14-12-20)16-18-5-3-2-4-6-18)10-9-22-25(17)31-28(37)33(26(22)34)24-15-19(29)7-8-21(24)27(35)36/h2-10,15,20,30H,11-14,16H2,1H3,(H,31,37)(H,35,36). The topological polar surface area (TPSA) is 107 Å². The largest absolute Gasteiger partial charge is 0.478 e. The van der Waals surface area contributed by atoms with Crippen LogP contribution in [0.5, 0.6) is 0 Å². The third-order valence-electron chi connectivity index (χ3n) is 6.96. The Morgan fingerprint density at radius 1 is 1.08 bits per heavy atom. The number of aryl methyl sites for hydroxylation is 1. The third-order valence-corrected chi connectivity index (χ3v) is 7.20. The summed E-state index contributed by atoms with van der Waals surface area (Å²) in [6, 6.07) is 18.2. The van der Waals surface area contributed by atoms with Crippen LogP contribution >= 0.6 is 11.6 Å². The molecule has 190 valence electrons. The van der Waals surface area contributed by atoms with E-state index in [-0.39, 0.29) is 27.7 Å². The highest BCUT2D eigenvalue weighted by molar-refractivity contribution is 6.30. The second-order valence-electron chi connectivity index (χ2n) is 9.38. The summed E-state index contributed by atoms with van der Waals surface area (Å²) in [6.45, 7) is 4.75. The molecule has 3 aromatic carbocycles. The van der Waals surface area contributed by atoms with Crippen LogP contribution in [0.15, 0.2) is 70.3 Å². The number of fused-ring (bicyclic) bond motifs is 1. The molecule has 1 aliphatic heterocycles. The number of H-pyrrole nitrogens is 1. The van der Waals surface area contributed by atoms with Gasteiger partial charge in [0, 0.05) is 36.4 Å². The predicted octanol–water partition coefficient (Wildman–Crippen LogP) is 4.42. The number of piperidine rings is 1. The number of hydrogen-bond acceptors (Lipinski definition) is 5. The molecule has 2 heterocycles. The highest BCUT2D eigenvalue weighted by Gasteiger charge is 2.22. The van der Waals surface area contributed by atoms with Crippen LogP contribution < -0.4 is 16.6 Å². The van der Waals surface area contributed by atoms with Crippen molar-refractivity contribution < 1.29 is 9.90 Å². The van der Waals surface area contributed by atoms with Crippen LogP contribution in [-0.4, -0.2) is 44.7 Å². The number of carboxylic acid groups (broad SMARTS) is 1. The van der Waals surface area contributed by atoms with E-state index in [1.165, 1.54) is 23.8 Å². The summed E-state index contributed by atoms with van der Waals surface area (Å²) in [5, 5.41) is 13.7. The van der Waals surface area contributed by atoms with E-state index in [0.29, 0.717) is 5.52 Å². The first kappa shape index (κ1) is 24.8. The Balaban J connectivity index is 1.40. The van der Waals surface area contributed by atoms with Crippen LogP contribution in [0.4, 0.5) is 5.69 Å². The molecule has 0 radical (unpaired) electrons. The number of benzene rings is 3. The molecule has 1 fully saturated rings. The minimum Gasteiger partial charge on any atom is -0.478 e. The Hall–Kier alpha value is -3.88. The molecule has 37 heavy (non-hydrogen) atoms. The fraction of sp³-hybridized carbons (Fsp3) is 0.250. The van der Waals surface area contributed by atoms with Gasteiger partial charge in [-0.25, -0.2) is 14.2 Å². The van der Waals surface area contributed by atoms with Crippen molar-refractivity contribution in [3.05, 3.63) is 103 Å². The quantitative estimate of drug-likeness (QED) is 0.349. The Morgan fingerprint density at radius 3 is 2.51 bits per heavy atom. The first-order chi connectivity index (χ1) is 17.8. The van der Waals surface area contributed by atoms with Gasteiger partial charge >= 0.3 is 11.7 Å². The fourth-order valence-corrected chi connectivity index (χ4v) is 5.14. The smallest absolute Gasteiger partial charge is 0.337 e.